The first kappa shape index (κ1) is 19.6. The van der Waals surface area contributed by atoms with Crippen LogP contribution in [0.15, 0.2) is 53.3 Å². The number of benzene rings is 2. The van der Waals surface area contributed by atoms with E-state index in [1.165, 1.54) is 6.07 Å². The van der Waals surface area contributed by atoms with Gasteiger partial charge < -0.3 is 14.4 Å². The molecule has 3 aromatic rings. The summed E-state index contributed by atoms with van der Waals surface area (Å²) in [5.41, 5.74) is 1.68. The van der Waals surface area contributed by atoms with E-state index in [2.05, 4.69) is 4.90 Å². The van der Waals surface area contributed by atoms with E-state index in [9.17, 15) is 14.3 Å². The highest BCUT2D eigenvalue weighted by Gasteiger charge is 2.25. The Hall–Kier alpha value is -2.70. The SMILES string of the molecule is COc1ccc2cc(CN3CCC[C@H]3CO)c(=O)n(Cc3ccccc3F)c2c1. The highest BCUT2D eigenvalue weighted by atomic mass is 19.1. The van der Waals surface area contributed by atoms with E-state index in [-0.39, 0.29) is 30.6 Å². The Morgan fingerprint density at radius 1 is 1.14 bits per heavy atom. The van der Waals surface area contributed by atoms with Gasteiger partial charge in [0.25, 0.3) is 5.56 Å². The zero-order chi connectivity index (χ0) is 20.4. The van der Waals surface area contributed by atoms with Gasteiger partial charge in [-0.05, 0) is 49.0 Å². The van der Waals surface area contributed by atoms with Crippen LogP contribution in [0.2, 0.25) is 0 Å². The Kier molecular flexibility index (Phi) is 5.65. The molecule has 6 heteroatoms. The molecule has 1 fully saturated rings. The predicted octanol–water partition coefficient (Wildman–Crippen LogP) is 3.15. The van der Waals surface area contributed by atoms with Crippen LogP contribution >= 0.6 is 0 Å². The number of rotatable bonds is 6. The van der Waals surface area contributed by atoms with Gasteiger partial charge in [-0.25, -0.2) is 4.39 Å². The molecule has 152 valence electrons. The second-order valence-electron chi connectivity index (χ2n) is 7.53. The molecule has 5 nitrogen and oxygen atoms in total. The Morgan fingerprint density at radius 2 is 1.97 bits per heavy atom. The first-order valence-electron chi connectivity index (χ1n) is 9.89. The molecule has 0 amide bonds. The number of fused-ring (bicyclic) bond motifs is 1. The molecule has 1 saturated heterocycles. The summed E-state index contributed by atoms with van der Waals surface area (Å²) in [7, 11) is 1.58. The molecular weight excluding hydrogens is 371 g/mol. The number of aliphatic hydroxyl groups excluding tert-OH is 1. The fourth-order valence-electron chi connectivity index (χ4n) is 4.13. The molecule has 29 heavy (non-hydrogen) atoms. The van der Waals surface area contributed by atoms with E-state index in [0.29, 0.717) is 28.9 Å². The molecule has 0 spiro atoms. The van der Waals surface area contributed by atoms with Crippen molar-refractivity contribution in [3.63, 3.8) is 0 Å². The van der Waals surface area contributed by atoms with Gasteiger partial charge in [-0.1, -0.05) is 18.2 Å². The van der Waals surface area contributed by atoms with Crippen LogP contribution in [0.25, 0.3) is 10.9 Å². The summed E-state index contributed by atoms with van der Waals surface area (Å²) in [5, 5.41) is 10.5. The Balaban J connectivity index is 1.82. The zero-order valence-electron chi connectivity index (χ0n) is 16.5. The highest BCUT2D eigenvalue weighted by molar-refractivity contribution is 5.81. The maximum Gasteiger partial charge on any atom is 0.255 e. The maximum atomic E-state index is 14.3. The van der Waals surface area contributed by atoms with Gasteiger partial charge in [-0.3, -0.25) is 9.69 Å². The molecular formula is C23H25FN2O3. The fraction of sp³-hybridized carbons (Fsp3) is 0.348. The third-order valence-electron chi connectivity index (χ3n) is 5.75. The number of pyridine rings is 1. The number of likely N-dealkylation sites (tertiary alicyclic amines) is 1. The maximum absolute atomic E-state index is 14.3. The monoisotopic (exact) mass is 396 g/mol. The first-order valence-corrected chi connectivity index (χ1v) is 9.89. The molecule has 0 aliphatic carbocycles. The van der Waals surface area contributed by atoms with Crippen molar-refractivity contribution >= 4 is 10.9 Å². The molecule has 4 rings (SSSR count). The van der Waals surface area contributed by atoms with E-state index in [4.69, 9.17) is 4.74 Å². The molecule has 1 aromatic heterocycles. The van der Waals surface area contributed by atoms with Crippen LogP contribution in [-0.4, -0.2) is 40.9 Å². The zero-order valence-corrected chi connectivity index (χ0v) is 16.5. The van der Waals surface area contributed by atoms with Gasteiger partial charge >= 0.3 is 0 Å². The number of halogens is 1. The average Bonchev–Trinajstić information content (AvgIpc) is 3.19. The van der Waals surface area contributed by atoms with Crippen LogP contribution in [0.5, 0.6) is 5.75 Å². The largest absolute Gasteiger partial charge is 0.497 e. The third-order valence-corrected chi connectivity index (χ3v) is 5.75. The lowest BCUT2D eigenvalue weighted by Gasteiger charge is -2.23. The van der Waals surface area contributed by atoms with Crippen LogP contribution in [0, 0.1) is 5.82 Å². The Bertz CT molecular complexity index is 1080. The average molecular weight is 396 g/mol. The molecule has 2 aromatic carbocycles. The standard InChI is InChI=1S/C23H25FN2O3/c1-29-20-9-8-16-11-18(13-25-10-4-6-19(25)15-27)23(28)26(22(16)12-20)14-17-5-2-3-7-21(17)24/h2-3,5,7-9,11-12,19,27H,4,6,10,13-15H2,1H3/t19-/m0/s1. The Morgan fingerprint density at radius 3 is 2.72 bits per heavy atom. The van der Waals surface area contributed by atoms with Gasteiger partial charge in [0.1, 0.15) is 11.6 Å². The van der Waals surface area contributed by atoms with E-state index in [1.54, 1.807) is 29.9 Å². The van der Waals surface area contributed by atoms with Crippen LogP contribution in [0.3, 0.4) is 0 Å². The first-order chi connectivity index (χ1) is 14.1. The molecule has 1 aliphatic heterocycles. The normalized spacial score (nSPS) is 17.1. The summed E-state index contributed by atoms with van der Waals surface area (Å²) in [6.07, 6.45) is 1.95. The molecule has 1 atom stereocenters. The number of aliphatic hydroxyl groups is 1. The quantitative estimate of drug-likeness (QED) is 0.696. The molecule has 0 saturated carbocycles. The number of aromatic nitrogens is 1. The van der Waals surface area contributed by atoms with Crippen molar-refractivity contribution in [2.24, 2.45) is 0 Å². The van der Waals surface area contributed by atoms with Gasteiger partial charge in [0, 0.05) is 29.8 Å². The summed E-state index contributed by atoms with van der Waals surface area (Å²) < 4.78 is 21.3. The van der Waals surface area contributed by atoms with Crippen molar-refractivity contribution in [2.75, 3.05) is 20.3 Å². The Labute approximate surface area is 169 Å². The van der Waals surface area contributed by atoms with Gasteiger partial charge in [0.15, 0.2) is 0 Å². The molecule has 0 unspecified atom stereocenters. The van der Waals surface area contributed by atoms with Crippen molar-refractivity contribution in [1.82, 2.24) is 9.47 Å². The smallest absolute Gasteiger partial charge is 0.255 e. The lowest BCUT2D eigenvalue weighted by Crippen LogP contribution is -2.35. The van der Waals surface area contributed by atoms with E-state index < -0.39 is 0 Å². The van der Waals surface area contributed by atoms with Gasteiger partial charge in [0.2, 0.25) is 0 Å². The lowest BCUT2D eigenvalue weighted by atomic mass is 10.1. The van der Waals surface area contributed by atoms with Crippen molar-refractivity contribution < 1.29 is 14.2 Å². The topological polar surface area (TPSA) is 54.7 Å². The minimum absolute atomic E-state index is 0.0842. The number of hydrogen-bond donors (Lipinski definition) is 1. The number of methoxy groups -OCH3 is 1. The molecule has 2 heterocycles. The van der Waals surface area contributed by atoms with Crippen LogP contribution in [0.4, 0.5) is 4.39 Å². The van der Waals surface area contributed by atoms with Crippen molar-refractivity contribution in [1.29, 1.82) is 0 Å². The number of ether oxygens (including phenoxy) is 1. The summed E-state index contributed by atoms with van der Waals surface area (Å²) in [4.78, 5) is 15.5. The van der Waals surface area contributed by atoms with E-state index in [1.807, 2.05) is 24.3 Å². The summed E-state index contributed by atoms with van der Waals surface area (Å²) in [5.74, 6) is 0.313. The van der Waals surface area contributed by atoms with Crippen LogP contribution in [-0.2, 0) is 13.1 Å². The summed E-state index contributed by atoms with van der Waals surface area (Å²) >= 11 is 0. The molecule has 0 bridgehead atoms. The fourth-order valence-corrected chi connectivity index (χ4v) is 4.13. The van der Waals surface area contributed by atoms with Crippen molar-refractivity contribution in [2.45, 2.75) is 32.0 Å². The van der Waals surface area contributed by atoms with Crippen molar-refractivity contribution in [3.05, 3.63) is 75.8 Å². The minimum Gasteiger partial charge on any atom is -0.497 e. The third kappa shape index (κ3) is 3.91. The second-order valence-corrected chi connectivity index (χ2v) is 7.53. The predicted molar refractivity (Wildman–Crippen MR) is 111 cm³/mol. The van der Waals surface area contributed by atoms with Crippen LogP contribution < -0.4 is 10.3 Å². The van der Waals surface area contributed by atoms with Crippen LogP contribution in [0.1, 0.15) is 24.0 Å². The van der Waals surface area contributed by atoms with Gasteiger partial charge in [-0.2, -0.15) is 0 Å². The van der Waals surface area contributed by atoms with Gasteiger partial charge in [-0.15, -0.1) is 0 Å². The molecule has 1 N–H and O–H groups in total. The van der Waals surface area contributed by atoms with Gasteiger partial charge in [0.05, 0.1) is 25.8 Å². The van der Waals surface area contributed by atoms with E-state index >= 15 is 0 Å². The lowest BCUT2D eigenvalue weighted by molar-refractivity contribution is 0.153. The summed E-state index contributed by atoms with van der Waals surface area (Å²) in [6, 6.07) is 14.1. The van der Waals surface area contributed by atoms with E-state index in [0.717, 1.165) is 24.8 Å². The number of hydrogen-bond acceptors (Lipinski definition) is 4. The highest BCUT2D eigenvalue weighted by Crippen LogP contribution is 2.24. The molecule has 1 aliphatic rings. The minimum atomic E-state index is -0.333. The second kappa shape index (κ2) is 8.35. The summed E-state index contributed by atoms with van der Waals surface area (Å²) in [6.45, 7) is 1.57. The molecule has 0 radical (unpaired) electrons. The van der Waals surface area contributed by atoms with Crippen molar-refractivity contribution in [3.8, 4) is 5.75 Å². The number of nitrogens with zero attached hydrogens (tertiary/aromatic N) is 2.